The lowest BCUT2D eigenvalue weighted by molar-refractivity contribution is 0.293. The standard InChI is InChI=1S/C12H21BrN2O/c1-4-15(5-2)8-7-14-10(3)12-11(13)6-9-16-12/h6,9-10,14H,4-5,7-8H2,1-3H3. The summed E-state index contributed by atoms with van der Waals surface area (Å²) in [6.07, 6.45) is 1.71. The van der Waals surface area contributed by atoms with E-state index < -0.39 is 0 Å². The van der Waals surface area contributed by atoms with Crippen LogP contribution in [0.4, 0.5) is 0 Å². The molecule has 0 aliphatic heterocycles. The van der Waals surface area contributed by atoms with Crippen LogP contribution in [0.1, 0.15) is 32.6 Å². The molecular weight excluding hydrogens is 268 g/mol. The molecule has 1 aromatic rings. The van der Waals surface area contributed by atoms with Gasteiger partial charge in [0.1, 0.15) is 5.76 Å². The van der Waals surface area contributed by atoms with Crippen LogP contribution in [-0.4, -0.2) is 31.1 Å². The number of furan rings is 1. The second kappa shape index (κ2) is 7.09. The third-order valence-corrected chi connectivity index (χ3v) is 3.47. The van der Waals surface area contributed by atoms with Gasteiger partial charge >= 0.3 is 0 Å². The van der Waals surface area contributed by atoms with Crippen LogP contribution in [0.3, 0.4) is 0 Å². The normalized spacial score (nSPS) is 13.3. The van der Waals surface area contributed by atoms with Crippen molar-refractivity contribution in [2.45, 2.75) is 26.8 Å². The molecule has 16 heavy (non-hydrogen) atoms. The summed E-state index contributed by atoms with van der Waals surface area (Å²) in [5.41, 5.74) is 0. The van der Waals surface area contributed by atoms with Gasteiger partial charge in [-0.25, -0.2) is 0 Å². The molecule has 0 saturated heterocycles. The van der Waals surface area contributed by atoms with Gasteiger partial charge in [0.05, 0.1) is 16.8 Å². The van der Waals surface area contributed by atoms with Crippen molar-refractivity contribution in [3.63, 3.8) is 0 Å². The second-order valence-electron chi connectivity index (χ2n) is 3.84. The Morgan fingerprint density at radius 1 is 1.44 bits per heavy atom. The van der Waals surface area contributed by atoms with Gasteiger partial charge < -0.3 is 14.6 Å². The molecule has 1 N–H and O–H groups in total. The minimum Gasteiger partial charge on any atom is -0.466 e. The highest BCUT2D eigenvalue weighted by molar-refractivity contribution is 9.10. The fourth-order valence-corrected chi connectivity index (χ4v) is 2.23. The van der Waals surface area contributed by atoms with Gasteiger partial charge in [0, 0.05) is 13.1 Å². The summed E-state index contributed by atoms with van der Waals surface area (Å²) in [7, 11) is 0. The van der Waals surface area contributed by atoms with Crippen molar-refractivity contribution >= 4 is 15.9 Å². The van der Waals surface area contributed by atoms with Gasteiger partial charge in [0.15, 0.2) is 0 Å². The summed E-state index contributed by atoms with van der Waals surface area (Å²) in [5.74, 6) is 0.972. The number of hydrogen-bond donors (Lipinski definition) is 1. The van der Waals surface area contributed by atoms with Crippen LogP contribution in [0.25, 0.3) is 0 Å². The van der Waals surface area contributed by atoms with Crippen molar-refractivity contribution in [2.24, 2.45) is 0 Å². The summed E-state index contributed by atoms with van der Waals surface area (Å²) >= 11 is 3.47. The second-order valence-corrected chi connectivity index (χ2v) is 4.69. The molecule has 1 atom stereocenters. The molecule has 0 amide bonds. The van der Waals surface area contributed by atoms with Gasteiger partial charge in [-0.05, 0) is 42.0 Å². The maximum Gasteiger partial charge on any atom is 0.134 e. The number of halogens is 1. The maximum absolute atomic E-state index is 5.41. The van der Waals surface area contributed by atoms with Crippen molar-refractivity contribution in [3.8, 4) is 0 Å². The number of nitrogens with one attached hydrogen (secondary N) is 1. The minimum atomic E-state index is 0.250. The molecule has 0 aromatic carbocycles. The topological polar surface area (TPSA) is 28.4 Å². The largest absolute Gasteiger partial charge is 0.466 e. The third kappa shape index (κ3) is 3.92. The molecule has 0 saturated carbocycles. The van der Waals surface area contributed by atoms with Crippen LogP contribution >= 0.6 is 15.9 Å². The van der Waals surface area contributed by atoms with Gasteiger partial charge in [-0.2, -0.15) is 0 Å². The van der Waals surface area contributed by atoms with Crippen molar-refractivity contribution < 1.29 is 4.42 Å². The Hall–Kier alpha value is -0.320. The van der Waals surface area contributed by atoms with E-state index in [1.165, 1.54) is 0 Å². The quantitative estimate of drug-likeness (QED) is 0.836. The molecule has 0 spiro atoms. The summed E-state index contributed by atoms with van der Waals surface area (Å²) < 4.78 is 6.45. The van der Waals surface area contributed by atoms with E-state index in [1.54, 1.807) is 6.26 Å². The molecule has 0 bridgehead atoms. The molecule has 4 heteroatoms. The Morgan fingerprint density at radius 2 is 2.12 bits per heavy atom. The van der Waals surface area contributed by atoms with Crippen molar-refractivity contribution in [3.05, 3.63) is 22.6 Å². The van der Waals surface area contributed by atoms with Crippen molar-refractivity contribution in [2.75, 3.05) is 26.2 Å². The molecule has 3 nitrogen and oxygen atoms in total. The van der Waals surface area contributed by atoms with E-state index in [0.717, 1.165) is 36.4 Å². The maximum atomic E-state index is 5.41. The van der Waals surface area contributed by atoms with E-state index in [1.807, 2.05) is 6.07 Å². The summed E-state index contributed by atoms with van der Waals surface area (Å²) in [6, 6.07) is 2.18. The van der Waals surface area contributed by atoms with E-state index in [4.69, 9.17) is 4.42 Å². The van der Waals surface area contributed by atoms with Crippen LogP contribution in [0.2, 0.25) is 0 Å². The SMILES string of the molecule is CCN(CC)CCNC(C)c1occc1Br. The van der Waals surface area contributed by atoms with E-state index in [-0.39, 0.29) is 6.04 Å². The van der Waals surface area contributed by atoms with Crippen LogP contribution in [0.15, 0.2) is 21.2 Å². The van der Waals surface area contributed by atoms with Crippen molar-refractivity contribution in [1.82, 2.24) is 10.2 Å². The first-order valence-electron chi connectivity index (χ1n) is 5.87. The monoisotopic (exact) mass is 288 g/mol. The average molecular weight is 289 g/mol. The number of rotatable bonds is 7. The molecule has 92 valence electrons. The molecule has 0 aliphatic carbocycles. The minimum absolute atomic E-state index is 0.250. The first-order chi connectivity index (χ1) is 7.69. The van der Waals surface area contributed by atoms with Crippen LogP contribution in [-0.2, 0) is 0 Å². The zero-order valence-corrected chi connectivity index (χ0v) is 11.9. The molecule has 0 aliphatic rings. The Morgan fingerprint density at radius 3 is 2.62 bits per heavy atom. The highest BCUT2D eigenvalue weighted by Gasteiger charge is 2.12. The third-order valence-electron chi connectivity index (χ3n) is 2.81. The number of nitrogens with zero attached hydrogens (tertiary/aromatic N) is 1. The average Bonchev–Trinajstić information content (AvgIpc) is 2.70. The predicted molar refractivity (Wildman–Crippen MR) is 70.6 cm³/mol. The Kier molecular flexibility index (Phi) is 6.09. The highest BCUT2D eigenvalue weighted by Crippen LogP contribution is 2.23. The molecular formula is C12H21BrN2O. The van der Waals surface area contributed by atoms with Gasteiger partial charge in [-0.15, -0.1) is 0 Å². The lowest BCUT2D eigenvalue weighted by Gasteiger charge is -2.19. The molecule has 1 aromatic heterocycles. The Balaban J connectivity index is 2.30. The fourth-order valence-electron chi connectivity index (χ4n) is 1.69. The van der Waals surface area contributed by atoms with E-state index in [0.29, 0.717) is 0 Å². The first kappa shape index (κ1) is 13.7. The molecule has 1 rings (SSSR count). The Labute approximate surface area is 106 Å². The van der Waals surface area contributed by atoms with E-state index in [9.17, 15) is 0 Å². The highest BCUT2D eigenvalue weighted by atomic mass is 79.9. The summed E-state index contributed by atoms with van der Waals surface area (Å²) in [4.78, 5) is 2.40. The first-order valence-corrected chi connectivity index (χ1v) is 6.66. The number of likely N-dealkylation sites (N-methyl/N-ethyl adjacent to an activating group) is 1. The number of hydrogen-bond acceptors (Lipinski definition) is 3. The van der Waals surface area contributed by atoms with Crippen LogP contribution in [0, 0.1) is 0 Å². The lowest BCUT2D eigenvalue weighted by atomic mass is 10.2. The molecule has 1 unspecified atom stereocenters. The van der Waals surface area contributed by atoms with E-state index >= 15 is 0 Å². The summed E-state index contributed by atoms with van der Waals surface area (Å²) in [5, 5.41) is 3.46. The van der Waals surface area contributed by atoms with Crippen molar-refractivity contribution in [1.29, 1.82) is 0 Å². The summed E-state index contributed by atoms with van der Waals surface area (Å²) in [6.45, 7) is 10.8. The molecule has 0 fully saturated rings. The van der Waals surface area contributed by atoms with Gasteiger partial charge in [0.2, 0.25) is 0 Å². The smallest absolute Gasteiger partial charge is 0.134 e. The molecule has 0 radical (unpaired) electrons. The van der Waals surface area contributed by atoms with E-state index in [2.05, 4.69) is 46.9 Å². The zero-order valence-electron chi connectivity index (χ0n) is 10.3. The van der Waals surface area contributed by atoms with Crippen LogP contribution < -0.4 is 5.32 Å². The van der Waals surface area contributed by atoms with Crippen LogP contribution in [0.5, 0.6) is 0 Å². The van der Waals surface area contributed by atoms with Gasteiger partial charge in [-0.1, -0.05) is 13.8 Å². The zero-order chi connectivity index (χ0) is 12.0. The Bertz CT molecular complexity index is 297. The lowest BCUT2D eigenvalue weighted by Crippen LogP contribution is -2.32. The van der Waals surface area contributed by atoms with Gasteiger partial charge in [-0.3, -0.25) is 0 Å². The van der Waals surface area contributed by atoms with Gasteiger partial charge in [0.25, 0.3) is 0 Å². The molecule has 1 heterocycles. The fraction of sp³-hybridized carbons (Fsp3) is 0.667. The predicted octanol–water partition coefficient (Wildman–Crippen LogP) is 3.03.